The first-order valence-corrected chi connectivity index (χ1v) is 5.86. The van der Waals surface area contributed by atoms with Crippen LogP contribution in [-0.2, 0) is 4.89 Å². The first-order valence-electron chi connectivity index (χ1n) is 5.86. The third-order valence-electron chi connectivity index (χ3n) is 2.45. The van der Waals surface area contributed by atoms with Gasteiger partial charge in [-0.2, -0.15) is 4.99 Å². The predicted molar refractivity (Wildman–Crippen MR) is 71.0 cm³/mol. The number of aryl methyl sites for hydroxylation is 2. The molecule has 0 unspecified atom stereocenters. The minimum atomic E-state index is -1.10. The van der Waals surface area contributed by atoms with Crippen molar-refractivity contribution < 1.29 is 23.4 Å². The van der Waals surface area contributed by atoms with Gasteiger partial charge < -0.3 is 14.6 Å². The monoisotopic (exact) mass is 292 g/mol. The number of benzene rings is 1. The fraction of sp³-hybridized carbons (Fsp3) is 0.154. The standard InChI is InChI=1S/C13H12N2O6/c1-7-3-5-9(6-4-7)10(14)15-12(16)21-20-11-8(2)18-13(17)19-11/h3-6H,1-2H3,(H2,14,15,16). The molecule has 2 rings (SSSR count). The molecule has 0 bridgehead atoms. The first-order chi connectivity index (χ1) is 9.95. The van der Waals surface area contributed by atoms with E-state index in [0.717, 1.165) is 5.56 Å². The van der Waals surface area contributed by atoms with Crippen LogP contribution in [0.3, 0.4) is 0 Å². The van der Waals surface area contributed by atoms with Crippen molar-refractivity contribution in [3.63, 3.8) is 0 Å². The molecule has 0 atom stereocenters. The minimum absolute atomic E-state index is 0.0308. The maximum absolute atomic E-state index is 11.4. The summed E-state index contributed by atoms with van der Waals surface area (Å²) in [7, 11) is 0. The number of nitrogens with two attached hydrogens (primary N) is 1. The molecule has 0 saturated heterocycles. The highest BCUT2D eigenvalue weighted by Crippen LogP contribution is 2.15. The Morgan fingerprint density at radius 2 is 1.86 bits per heavy atom. The number of amides is 1. The van der Waals surface area contributed by atoms with Gasteiger partial charge in [0.15, 0.2) is 5.76 Å². The summed E-state index contributed by atoms with van der Waals surface area (Å²) in [6, 6.07) is 7.06. The Labute approximate surface area is 118 Å². The lowest BCUT2D eigenvalue weighted by Gasteiger charge is -2.01. The smallest absolute Gasteiger partial charge is 0.392 e. The summed E-state index contributed by atoms with van der Waals surface area (Å²) in [5.41, 5.74) is 7.25. The van der Waals surface area contributed by atoms with Crippen LogP contribution in [0, 0.1) is 13.8 Å². The van der Waals surface area contributed by atoms with Crippen molar-refractivity contribution in [2.45, 2.75) is 13.8 Å². The van der Waals surface area contributed by atoms with Crippen molar-refractivity contribution in [2.75, 3.05) is 0 Å². The summed E-state index contributed by atoms with van der Waals surface area (Å²) in [6.45, 7) is 3.32. The molecule has 0 spiro atoms. The van der Waals surface area contributed by atoms with Crippen LogP contribution in [0.4, 0.5) is 4.79 Å². The molecule has 1 amide bonds. The van der Waals surface area contributed by atoms with Crippen molar-refractivity contribution >= 4 is 11.9 Å². The lowest BCUT2D eigenvalue weighted by molar-refractivity contribution is -0.155. The van der Waals surface area contributed by atoms with Gasteiger partial charge >= 0.3 is 17.9 Å². The molecule has 1 aromatic carbocycles. The van der Waals surface area contributed by atoms with Gasteiger partial charge in [0.05, 0.1) is 0 Å². The molecular formula is C13H12N2O6. The van der Waals surface area contributed by atoms with E-state index in [1.54, 1.807) is 12.1 Å². The van der Waals surface area contributed by atoms with Gasteiger partial charge in [0.1, 0.15) is 5.84 Å². The lowest BCUT2D eigenvalue weighted by atomic mass is 10.1. The predicted octanol–water partition coefficient (Wildman–Crippen LogP) is 1.69. The fourth-order valence-electron chi connectivity index (χ4n) is 1.39. The van der Waals surface area contributed by atoms with E-state index in [1.807, 2.05) is 19.1 Å². The largest absolute Gasteiger partial charge is 0.521 e. The summed E-state index contributed by atoms with van der Waals surface area (Å²) in [5, 5.41) is 0. The average molecular weight is 292 g/mol. The lowest BCUT2D eigenvalue weighted by Crippen LogP contribution is -2.17. The molecular weight excluding hydrogens is 280 g/mol. The molecule has 8 heteroatoms. The number of rotatable bonds is 3. The third kappa shape index (κ3) is 3.72. The number of carbonyl (C=O) groups is 1. The van der Waals surface area contributed by atoms with Crippen LogP contribution in [0.15, 0.2) is 42.9 Å². The quantitative estimate of drug-likeness (QED) is 0.396. The Bertz CT molecular complexity index is 726. The van der Waals surface area contributed by atoms with E-state index >= 15 is 0 Å². The van der Waals surface area contributed by atoms with Gasteiger partial charge in [-0.25, -0.2) is 19.4 Å². The Hall–Kier alpha value is -3.03. The van der Waals surface area contributed by atoms with E-state index in [0.29, 0.717) is 5.56 Å². The second kappa shape index (κ2) is 5.95. The number of hydrogen-bond acceptors (Lipinski definition) is 6. The van der Waals surface area contributed by atoms with Gasteiger partial charge in [-0.15, -0.1) is 0 Å². The Kier molecular flexibility index (Phi) is 4.07. The molecule has 21 heavy (non-hydrogen) atoms. The zero-order chi connectivity index (χ0) is 15.4. The molecule has 0 radical (unpaired) electrons. The molecule has 2 N–H and O–H groups in total. The van der Waals surface area contributed by atoms with E-state index in [2.05, 4.69) is 23.6 Å². The van der Waals surface area contributed by atoms with Crippen molar-refractivity contribution in [3.8, 4) is 5.95 Å². The van der Waals surface area contributed by atoms with E-state index in [4.69, 9.17) is 5.73 Å². The summed E-state index contributed by atoms with van der Waals surface area (Å²) in [6.07, 6.45) is -1.10. The molecule has 0 aliphatic carbocycles. The van der Waals surface area contributed by atoms with E-state index in [1.165, 1.54) is 6.92 Å². The highest BCUT2D eigenvalue weighted by atomic mass is 17.2. The fourth-order valence-corrected chi connectivity index (χ4v) is 1.39. The molecule has 2 aromatic rings. The zero-order valence-electron chi connectivity index (χ0n) is 11.3. The maximum Gasteiger partial charge on any atom is 0.521 e. The Balaban J connectivity index is 2.00. The van der Waals surface area contributed by atoms with Crippen molar-refractivity contribution in [1.29, 1.82) is 0 Å². The van der Waals surface area contributed by atoms with Crippen LogP contribution in [0.5, 0.6) is 5.95 Å². The van der Waals surface area contributed by atoms with Crippen LogP contribution >= 0.6 is 0 Å². The molecule has 1 heterocycles. The summed E-state index contributed by atoms with van der Waals surface area (Å²) in [4.78, 5) is 34.5. The third-order valence-corrected chi connectivity index (χ3v) is 2.45. The van der Waals surface area contributed by atoms with Gasteiger partial charge in [0, 0.05) is 12.5 Å². The molecule has 0 fully saturated rings. The summed E-state index contributed by atoms with van der Waals surface area (Å²) >= 11 is 0. The van der Waals surface area contributed by atoms with Crippen molar-refractivity contribution in [1.82, 2.24) is 0 Å². The van der Waals surface area contributed by atoms with Crippen LogP contribution in [0.1, 0.15) is 16.9 Å². The SMILES string of the molecule is Cc1ccc(/C(N)=N\C(=O)OOc2oc(=O)oc2C)cc1. The molecule has 0 saturated carbocycles. The van der Waals surface area contributed by atoms with Crippen LogP contribution in [-0.4, -0.2) is 11.9 Å². The van der Waals surface area contributed by atoms with Crippen LogP contribution < -0.4 is 16.4 Å². The normalized spacial score (nSPS) is 11.2. The Morgan fingerprint density at radius 3 is 2.43 bits per heavy atom. The zero-order valence-corrected chi connectivity index (χ0v) is 11.3. The highest BCUT2D eigenvalue weighted by molar-refractivity contribution is 6.02. The van der Waals surface area contributed by atoms with E-state index in [-0.39, 0.29) is 17.5 Å². The van der Waals surface area contributed by atoms with Crippen molar-refractivity contribution in [3.05, 3.63) is 51.8 Å². The molecule has 1 aromatic heterocycles. The van der Waals surface area contributed by atoms with Crippen molar-refractivity contribution in [2.24, 2.45) is 10.7 Å². The molecule has 110 valence electrons. The number of amidine groups is 1. The van der Waals surface area contributed by atoms with Crippen LogP contribution in [0.2, 0.25) is 0 Å². The van der Waals surface area contributed by atoms with E-state index in [9.17, 15) is 9.59 Å². The number of aliphatic imine (C=N–C) groups is 1. The van der Waals surface area contributed by atoms with Crippen LogP contribution in [0.25, 0.3) is 0 Å². The second-order valence-corrected chi connectivity index (χ2v) is 4.09. The number of carbonyl (C=O) groups excluding carboxylic acids is 1. The minimum Gasteiger partial charge on any atom is -0.392 e. The van der Waals surface area contributed by atoms with E-state index < -0.39 is 11.9 Å². The number of nitrogens with zero attached hydrogens (tertiary/aromatic N) is 1. The topological polar surface area (TPSA) is 117 Å². The average Bonchev–Trinajstić information content (AvgIpc) is 2.75. The second-order valence-electron chi connectivity index (χ2n) is 4.09. The van der Waals surface area contributed by atoms with Gasteiger partial charge in [0.25, 0.3) is 0 Å². The van der Waals surface area contributed by atoms with Gasteiger partial charge in [-0.05, 0) is 6.92 Å². The summed E-state index contributed by atoms with van der Waals surface area (Å²) < 4.78 is 8.98. The highest BCUT2D eigenvalue weighted by Gasteiger charge is 2.14. The number of hydrogen-bond donors (Lipinski definition) is 1. The molecule has 8 nitrogen and oxygen atoms in total. The Morgan fingerprint density at radius 1 is 1.19 bits per heavy atom. The van der Waals surface area contributed by atoms with Gasteiger partial charge in [0.2, 0.25) is 0 Å². The van der Waals surface area contributed by atoms with Gasteiger partial charge in [-0.1, -0.05) is 29.8 Å². The maximum atomic E-state index is 11.4. The molecule has 0 aliphatic heterocycles. The summed E-state index contributed by atoms with van der Waals surface area (Å²) in [5.74, 6) is -1.34. The van der Waals surface area contributed by atoms with Gasteiger partial charge in [-0.3, -0.25) is 0 Å². The molecule has 0 aliphatic rings. The first kappa shape index (κ1) is 14.4.